The zero-order chi connectivity index (χ0) is 23.3. The van der Waals surface area contributed by atoms with E-state index in [2.05, 4.69) is 15.1 Å². The van der Waals surface area contributed by atoms with E-state index in [1.54, 1.807) is 11.1 Å². The van der Waals surface area contributed by atoms with E-state index in [0.29, 0.717) is 35.9 Å². The third kappa shape index (κ3) is 4.05. The van der Waals surface area contributed by atoms with Gasteiger partial charge in [-0.3, -0.25) is 9.48 Å². The molecule has 1 atom stereocenters. The number of anilines is 1. The molecule has 2 aromatic heterocycles. The van der Waals surface area contributed by atoms with Crippen LogP contribution >= 0.6 is 0 Å². The summed E-state index contributed by atoms with van der Waals surface area (Å²) in [6.45, 7) is 3.46. The maximum atomic E-state index is 13.2. The first-order chi connectivity index (χ1) is 15.7. The second-order valence-corrected chi connectivity index (χ2v) is 8.48. The fourth-order valence-corrected chi connectivity index (χ4v) is 4.28. The minimum Gasteiger partial charge on any atom is -0.423 e. The van der Waals surface area contributed by atoms with Crippen LogP contribution in [-0.4, -0.2) is 31.7 Å². The summed E-state index contributed by atoms with van der Waals surface area (Å²) in [5, 5.41) is 4.43. The lowest BCUT2D eigenvalue weighted by Crippen LogP contribution is -2.40. The summed E-state index contributed by atoms with van der Waals surface area (Å²) >= 11 is 0. The first-order valence-electron chi connectivity index (χ1n) is 10.8. The molecule has 1 fully saturated rings. The Kier molecular flexibility index (Phi) is 5.10. The van der Waals surface area contributed by atoms with E-state index in [-0.39, 0.29) is 11.9 Å². The van der Waals surface area contributed by atoms with Crippen LogP contribution in [0, 0.1) is 0 Å². The number of carbonyl (C=O) groups excluding carboxylic acids is 1. The standard InChI is InChI=1S/C23H22F3N5O2/c1-13-3-6-18-19(31(13)14(2)32)8-7-17(15-11-28-30(12-15)16-4-5-16)21(18)33-22-27-10-9-20(29-22)23(24,25)26/h7-13,16H,3-6H2,1-2H3/t13-/m0/s1. The van der Waals surface area contributed by atoms with Crippen LogP contribution in [0.1, 0.15) is 50.4 Å². The van der Waals surface area contributed by atoms with Gasteiger partial charge in [-0.25, -0.2) is 4.98 Å². The fourth-order valence-electron chi connectivity index (χ4n) is 4.28. The molecule has 1 saturated carbocycles. The Morgan fingerprint density at radius 2 is 1.97 bits per heavy atom. The monoisotopic (exact) mass is 457 g/mol. The second kappa shape index (κ2) is 7.86. The summed E-state index contributed by atoms with van der Waals surface area (Å²) in [6, 6.07) is 4.44. The van der Waals surface area contributed by atoms with Gasteiger partial charge in [0, 0.05) is 42.0 Å². The Hall–Kier alpha value is -3.43. The zero-order valence-corrected chi connectivity index (χ0v) is 18.1. The van der Waals surface area contributed by atoms with Crippen LogP contribution in [0.5, 0.6) is 11.8 Å². The van der Waals surface area contributed by atoms with Gasteiger partial charge in [0.05, 0.1) is 17.9 Å². The molecule has 3 heterocycles. The maximum Gasteiger partial charge on any atom is 0.433 e. The Labute approximate surface area is 188 Å². The molecule has 0 saturated heterocycles. The summed E-state index contributed by atoms with van der Waals surface area (Å²) in [4.78, 5) is 21.5. The molecular weight excluding hydrogens is 435 g/mol. The number of hydrogen-bond donors (Lipinski definition) is 0. The number of hydrogen-bond acceptors (Lipinski definition) is 5. The molecule has 7 nitrogen and oxygen atoms in total. The van der Waals surface area contributed by atoms with Gasteiger partial charge in [0.25, 0.3) is 0 Å². The van der Waals surface area contributed by atoms with Gasteiger partial charge in [-0.15, -0.1) is 0 Å². The minimum absolute atomic E-state index is 0.00359. The fraction of sp³-hybridized carbons (Fsp3) is 0.391. The molecular formula is C23H22F3N5O2. The van der Waals surface area contributed by atoms with Gasteiger partial charge in [0.2, 0.25) is 5.91 Å². The van der Waals surface area contributed by atoms with Crippen molar-refractivity contribution in [3.8, 4) is 22.9 Å². The molecule has 1 aliphatic carbocycles. The normalized spacial score (nSPS) is 18.2. The maximum absolute atomic E-state index is 13.2. The van der Waals surface area contributed by atoms with Crippen molar-refractivity contribution in [1.29, 1.82) is 0 Å². The molecule has 1 amide bonds. The Morgan fingerprint density at radius 1 is 1.18 bits per heavy atom. The Bertz CT molecular complexity index is 1220. The van der Waals surface area contributed by atoms with E-state index >= 15 is 0 Å². The van der Waals surface area contributed by atoms with E-state index in [9.17, 15) is 18.0 Å². The number of benzene rings is 1. The third-order valence-corrected chi connectivity index (χ3v) is 6.04. The molecule has 1 aliphatic heterocycles. The summed E-state index contributed by atoms with van der Waals surface area (Å²) < 4.78 is 47.4. The number of carbonyl (C=O) groups is 1. The van der Waals surface area contributed by atoms with E-state index in [0.717, 1.165) is 36.2 Å². The number of ether oxygens (including phenoxy) is 1. The highest BCUT2D eigenvalue weighted by atomic mass is 19.4. The summed E-state index contributed by atoms with van der Waals surface area (Å²) in [6.07, 6.45) is 3.45. The van der Waals surface area contributed by atoms with Crippen LogP contribution in [0.3, 0.4) is 0 Å². The average molecular weight is 457 g/mol. The number of aromatic nitrogens is 4. The molecule has 0 bridgehead atoms. The highest BCUT2D eigenvalue weighted by molar-refractivity contribution is 5.95. The van der Waals surface area contributed by atoms with E-state index in [1.165, 1.54) is 6.92 Å². The number of alkyl halides is 3. The van der Waals surface area contributed by atoms with E-state index in [1.807, 2.05) is 29.9 Å². The van der Waals surface area contributed by atoms with Crippen molar-refractivity contribution in [2.45, 2.75) is 57.8 Å². The molecule has 0 unspecified atom stereocenters. The van der Waals surface area contributed by atoms with Gasteiger partial charge in [-0.05, 0) is 50.8 Å². The molecule has 0 radical (unpaired) electrons. The highest BCUT2D eigenvalue weighted by Crippen LogP contribution is 2.45. The molecule has 5 rings (SSSR count). The van der Waals surface area contributed by atoms with Crippen molar-refractivity contribution in [3.63, 3.8) is 0 Å². The van der Waals surface area contributed by atoms with Crippen molar-refractivity contribution in [2.75, 3.05) is 4.90 Å². The van der Waals surface area contributed by atoms with Gasteiger partial charge in [0.15, 0.2) is 5.69 Å². The van der Waals surface area contributed by atoms with Crippen molar-refractivity contribution in [3.05, 3.63) is 48.0 Å². The smallest absolute Gasteiger partial charge is 0.423 e. The SMILES string of the molecule is CC(=O)N1c2ccc(-c3cnn(C4CC4)c3)c(Oc3nccc(C(F)(F)F)n3)c2CC[C@@H]1C. The van der Waals surface area contributed by atoms with Crippen LogP contribution in [0.15, 0.2) is 36.8 Å². The first kappa shape index (κ1) is 21.4. The Morgan fingerprint density at radius 3 is 2.67 bits per heavy atom. The lowest BCUT2D eigenvalue weighted by atomic mass is 9.92. The molecule has 1 aromatic carbocycles. The number of halogens is 3. The third-order valence-electron chi connectivity index (χ3n) is 6.04. The van der Waals surface area contributed by atoms with Crippen molar-refractivity contribution >= 4 is 11.6 Å². The lowest BCUT2D eigenvalue weighted by Gasteiger charge is -2.35. The van der Waals surface area contributed by atoms with Crippen LogP contribution < -0.4 is 9.64 Å². The topological polar surface area (TPSA) is 73.1 Å². The number of nitrogens with zero attached hydrogens (tertiary/aromatic N) is 5. The lowest BCUT2D eigenvalue weighted by molar-refractivity contribution is -0.141. The Balaban J connectivity index is 1.63. The van der Waals surface area contributed by atoms with Gasteiger partial charge in [0.1, 0.15) is 5.75 Å². The molecule has 33 heavy (non-hydrogen) atoms. The van der Waals surface area contributed by atoms with E-state index in [4.69, 9.17) is 4.74 Å². The van der Waals surface area contributed by atoms with Crippen molar-refractivity contribution in [2.24, 2.45) is 0 Å². The highest BCUT2D eigenvalue weighted by Gasteiger charge is 2.34. The minimum atomic E-state index is -4.62. The summed E-state index contributed by atoms with van der Waals surface area (Å²) in [7, 11) is 0. The van der Waals surface area contributed by atoms with Gasteiger partial charge < -0.3 is 9.64 Å². The van der Waals surface area contributed by atoms with Crippen molar-refractivity contribution in [1.82, 2.24) is 19.7 Å². The second-order valence-electron chi connectivity index (χ2n) is 8.48. The summed E-state index contributed by atoms with van der Waals surface area (Å²) in [5.41, 5.74) is 1.78. The largest absolute Gasteiger partial charge is 0.433 e. The predicted octanol–water partition coefficient (Wildman–Crippen LogP) is 5.17. The number of fused-ring (bicyclic) bond motifs is 1. The van der Waals surface area contributed by atoms with Crippen LogP contribution in [0.25, 0.3) is 11.1 Å². The molecule has 3 aromatic rings. The predicted molar refractivity (Wildman–Crippen MR) is 114 cm³/mol. The summed E-state index contributed by atoms with van der Waals surface area (Å²) in [5.74, 6) is 0.236. The molecule has 0 spiro atoms. The molecule has 2 aliphatic rings. The first-order valence-corrected chi connectivity index (χ1v) is 10.8. The van der Waals surface area contributed by atoms with Gasteiger partial charge in [-0.1, -0.05) is 0 Å². The number of amides is 1. The molecule has 10 heteroatoms. The number of rotatable bonds is 4. The van der Waals surface area contributed by atoms with Crippen LogP contribution in [-0.2, 0) is 17.4 Å². The van der Waals surface area contributed by atoms with Crippen molar-refractivity contribution < 1.29 is 22.7 Å². The van der Waals surface area contributed by atoms with Crippen LogP contribution in [0.2, 0.25) is 0 Å². The quantitative estimate of drug-likeness (QED) is 0.540. The molecule has 0 N–H and O–H groups in total. The zero-order valence-electron chi connectivity index (χ0n) is 18.1. The van der Waals surface area contributed by atoms with Gasteiger partial charge in [-0.2, -0.15) is 23.3 Å². The van der Waals surface area contributed by atoms with Gasteiger partial charge >= 0.3 is 12.2 Å². The molecule has 172 valence electrons. The van der Waals surface area contributed by atoms with E-state index < -0.39 is 17.9 Å². The van der Waals surface area contributed by atoms with Crippen LogP contribution in [0.4, 0.5) is 18.9 Å². The average Bonchev–Trinajstić information content (AvgIpc) is 3.50.